The van der Waals surface area contributed by atoms with Crippen LogP contribution < -0.4 is 15.6 Å². The summed E-state index contributed by atoms with van der Waals surface area (Å²) in [6, 6.07) is 12.4. The van der Waals surface area contributed by atoms with Gasteiger partial charge < -0.3 is 14.2 Å². The van der Waals surface area contributed by atoms with E-state index >= 15 is 0 Å². The number of rotatable bonds is 2. The van der Waals surface area contributed by atoms with Crippen molar-refractivity contribution < 1.29 is 9.53 Å². The molecule has 0 spiro atoms. The number of methoxy groups -OCH3 is 1. The fourth-order valence-corrected chi connectivity index (χ4v) is 4.29. The van der Waals surface area contributed by atoms with Gasteiger partial charge in [-0.2, -0.15) is 0 Å². The van der Waals surface area contributed by atoms with Gasteiger partial charge in [0.15, 0.2) is 5.11 Å². The molecule has 1 aromatic heterocycles. The van der Waals surface area contributed by atoms with E-state index in [-0.39, 0.29) is 17.4 Å². The van der Waals surface area contributed by atoms with Crippen molar-refractivity contribution in [3.05, 3.63) is 64.1 Å². The summed E-state index contributed by atoms with van der Waals surface area (Å²) >= 11 is 5.50. The maximum atomic E-state index is 12.5. The molecule has 1 unspecified atom stereocenters. The summed E-state index contributed by atoms with van der Waals surface area (Å²) in [6.07, 6.45) is 1.05. The Labute approximate surface area is 162 Å². The van der Waals surface area contributed by atoms with Crippen molar-refractivity contribution in [2.45, 2.75) is 18.9 Å². The highest BCUT2D eigenvalue weighted by atomic mass is 32.1. The molecule has 1 saturated heterocycles. The topological polar surface area (TPSA) is 63.6 Å². The fraction of sp³-hybridized carbons (Fsp3) is 0.350. The van der Waals surface area contributed by atoms with E-state index in [1.165, 1.54) is 0 Å². The van der Waals surface area contributed by atoms with Gasteiger partial charge in [-0.3, -0.25) is 14.9 Å². The van der Waals surface area contributed by atoms with Crippen molar-refractivity contribution in [2.24, 2.45) is 5.92 Å². The van der Waals surface area contributed by atoms with Crippen LogP contribution in [0, 0.1) is 5.92 Å². The molecular formula is C20H21N3O3S. The van der Waals surface area contributed by atoms with Gasteiger partial charge in [0.25, 0.3) is 11.5 Å². The van der Waals surface area contributed by atoms with Gasteiger partial charge in [0.2, 0.25) is 0 Å². The summed E-state index contributed by atoms with van der Waals surface area (Å²) in [5, 5.41) is 3.28. The van der Waals surface area contributed by atoms with Crippen LogP contribution in [0.5, 0.6) is 5.75 Å². The number of benzene rings is 1. The van der Waals surface area contributed by atoms with Crippen molar-refractivity contribution in [1.29, 1.82) is 0 Å². The summed E-state index contributed by atoms with van der Waals surface area (Å²) in [7, 11) is 1.59. The van der Waals surface area contributed by atoms with E-state index < -0.39 is 0 Å². The van der Waals surface area contributed by atoms with E-state index in [2.05, 4.69) is 10.2 Å². The molecule has 1 fully saturated rings. The Kier molecular flexibility index (Phi) is 4.70. The van der Waals surface area contributed by atoms with Crippen molar-refractivity contribution >= 4 is 23.2 Å². The highest BCUT2D eigenvalue weighted by molar-refractivity contribution is 7.80. The summed E-state index contributed by atoms with van der Waals surface area (Å²) in [4.78, 5) is 26.6. The Morgan fingerprint density at radius 1 is 1.15 bits per heavy atom. The molecule has 3 heterocycles. The molecule has 7 heteroatoms. The SMILES string of the molecule is COc1ccc(C(=O)NC(=S)N2CC3C[C@H](C2)Cn2c3cccc2=O)cc1. The molecule has 27 heavy (non-hydrogen) atoms. The third-order valence-electron chi connectivity index (χ3n) is 5.34. The number of nitrogens with zero attached hydrogens (tertiary/aromatic N) is 2. The number of ether oxygens (including phenoxy) is 1. The molecule has 140 valence electrons. The molecule has 2 aromatic rings. The van der Waals surface area contributed by atoms with Crippen LogP contribution in [0.3, 0.4) is 0 Å². The average Bonchev–Trinajstić information content (AvgIpc) is 2.68. The Morgan fingerprint density at radius 3 is 2.67 bits per heavy atom. The maximum absolute atomic E-state index is 12.5. The smallest absolute Gasteiger partial charge is 0.257 e. The number of aromatic nitrogens is 1. The van der Waals surface area contributed by atoms with E-state index in [0.717, 1.165) is 18.7 Å². The van der Waals surface area contributed by atoms with E-state index in [1.54, 1.807) is 37.4 Å². The van der Waals surface area contributed by atoms with E-state index in [1.807, 2.05) is 16.7 Å². The molecule has 6 nitrogen and oxygen atoms in total. The van der Waals surface area contributed by atoms with Crippen LogP contribution in [-0.2, 0) is 6.54 Å². The third kappa shape index (κ3) is 3.47. The maximum Gasteiger partial charge on any atom is 0.257 e. The minimum atomic E-state index is -0.227. The monoisotopic (exact) mass is 383 g/mol. The van der Waals surface area contributed by atoms with E-state index in [9.17, 15) is 9.59 Å². The molecule has 2 atom stereocenters. The average molecular weight is 383 g/mol. The van der Waals surface area contributed by atoms with Gasteiger partial charge in [-0.15, -0.1) is 0 Å². The molecule has 2 bridgehead atoms. The summed E-state index contributed by atoms with van der Waals surface area (Å²) in [5.74, 6) is 1.08. The molecule has 4 rings (SSSR count). The van der Waals surface area contributed by atoms with Crippen molar-refractivity contribution in [3.8, 4) is 5.75 Å². The first-order chi connectivity index (χ1) is 13.0. The number of hydrogen-bond donors (Lipinski definition) is 1. The first-order valence-electron chi connectivity index (χ1n) is 8.99. The van der Waals surface area contributed by atoms with Crippen LogP contribution in [-0.4, -0.2) is 40.7 Å². The second-order valence-corrected chi connectivity index (χ2v) is 7.48. The van der Waals surface area contributed by atoms with E-state index in [4.69, 9.17) is 17.0 Å². The Hall–Kier alpha value is -2.67. The highest BCUT2D eigenvalue weighted by Crippen LogP contribution is 2.34. The number of carbonyl (C=O) groups excluding carboxylic acids is 1. The largest absolute Gasteiger partial charge is 0.497 e. The van der Waals surface area contributed by atoms with Gasteiger partial charge in [-0.25, -0.2) is 0 Å². The molecule has 1 amide bonds. The van der Waals surface area contributed by atoms with Crippen LogP contribution in [0.1, 0.15) is 28.4 Å². The number of likely N-dealkylation sites (tertiary alicyclic amines) is 1. The third-order valence-corrected chi connectivity index (χ3v) is 5.70. The second-order valence-electron chi connectivity index (χ2n) is 7.09. The van der Waals surface area contributed by atoms with Gasteiger partial charge in [-0.1, -0.05) is 6.07 Å². The standard InChI is InChI=1S/C20H21N3O3S/c1-26-16-7-5-14(6-8-16)19(25)21-20(27)22-10-13-9-15(12-22)17-3-2-4-18(24)23(17)11-13/h2-8,13,15H,9-12H2,1H3,(H,21,25,27)/t13-,15?/m1/s1. The molecule has 0 aliphatic carbocycles. The minimum Gasteiger partial charge on any atom is -0.497 e. The Balaban J connectivity index is 1.46. The Morgan fingerprint density at radius 2 is 1.93 bits per heavy atom. The lowest BCUT2D eigenvalue weighted by molar-refractivity contribution is 0.0968. The molecule has 0 radical (unpaired) electrons. The number of fused-ring (bicyclic) bond motifs is 4. The van der Waals surface area contributed by atoms with Gasteiger partial charge in [0.1, 0.15) is 5.75 Å². The number of nitrogens with one attached hydrogen (secondary N) is 1. The molecule has 1 N–H and O–H groups in total. The summed E-state index contributed by atoms with van der Waals surface area (Å²) in [6.45, 7) is 2.16. The number of carbonyl (C=O) groups is 1. The van der Waals surface area contributed by atoms with Crippen molar-refractivity contribution in [2.75, 3.05) is 20.2 Å². The van der Waals surface area contributed by atoms with Crippen LogP contribution in [0.15, 0.2) is 47.3 Å². The van der Waals surface area contributed by atoms with Crippen LogP contribution in [0.2, 0.25) is 0 Å². The first-order valence-corrected chi connectivity index (χ1v) is 9.40. The minimum absolute atomic E-state index is 0.0611. The summed E-state index contributed by atoms with van der Waals surface area (Å²) in [5.41, 5.74) is 1.66. The highest BCUT2D eigenvalue weighted by Gasteiger charge is 2.35. The van der Waals surface area contributed by atoms with Crippen LogP contribution in [0.25, 0.3) is 0 Å². The zero-order chi connectivity index (χ0) is 19.0. The van der Waals surface area contributed by atoms with Gasteiger partial charge in [0, 0.05) is 42.9 Å². The fourth-order valence-electron chi connectivity index (χ4n) is 4.05. The Bertz CT molecular complexity index is 938. The molecule has 2 aliphatic heterocycles. The second kappa shape index (κ2) is 7.15. The van der Waals surface area contributed by atoms with Gasteiger partial charge >= 0.3 is 0 Å². The lowest BCUT2D eigenvalue weighted by atomic mass is 9.83. The van der Waals surface area contributed by atoms with Crippen LogP contribution in [0.4, 0.5) is 0 Å². The number of hydrogen-bond acceptors (Lipinski definition) is 4. The van der Waals surface area contributed by atoms with E-state index in [0.29, 0.717) is 35.4 Å². The van der Waals surface area contributed by atoms with Crippen molar-refractivity contribution in [1.82, 2.24) is 14.8 Å². The number of amides is 1. The lowest BCUT2D eigenvalue weighted by Gasteiger charge is -2.43. The lowest BCUT2D eigenvalue weighted by Crippen LogP contribution is -2.52. The zero-order valence-electron chi connectivity index (χ0n) is 15.1. The first kappa shape index (κ1) is 17.7. The van der Waals surface area contributed by atoms with Crippen molar-refractivity contribution in [3.63, 3.8) is 0 Å². The predicted molar refractivity (Wildman–Crippen MR) is 106 cm³/mol. The quantitative estimate of drug-likeness (QED) is 0.804. The predicted octanol–water partition coefficient (Wildman–Crippen LogP) is 1.99. The molecular weight excluding hydrogens is 362 g/mol. The molecule has 1 aromatic carbocycles. The van der Waals surface area contributed by atoms with Crippen LogP contribution >= 0.6 is 12.2 Å². The summed E-state index contributed by atoms with van der Waals surface area (Å²) < 4.78 is 7.00. The zero-order valence-corrected chi connectivity index (χ0v) is 15.9. The van der Waals surface area contributed by atoms with Gasteiger partial charge in [0.05, 0.1) is 7.11 Å². The normalized spacial score (nSPS) is 20.6. The number of piperidine rings is 1. The van der Waals surface area contributed by atoms with Gasteiger partial charge in [-0.05, 0) is 54.9 Å². The number of pyridine rings is 1. The molecule has 2 aliphatic rings. The molecule has 0 saturated carbocycles. The number of thiocarbonyl (C=S) groups is 1.